The summed E-state index contributed by atoms with van der Waals surface area (Å²) in [5, 5.41) is 0.329. The van der Waals surface area contributed by atoms with Gasteiger partial charge in [0.1, 0.15) is 0 Å². The molecule has 0 saturated heterocycles. The van der Waals surface area contributed by atoms with Gasteiger partial charge in [-0.05, 0) is 39.0 Å². The maximum atomic E-state index is 6.14. The summed E-state index contributed by atoms with van der Waals surface area (Å²) in [5.41, 5.74) is 0. The quantitative estimate of drug-likeness (QED) is 0.454. The summed E-state index contributed by atoms with van der Waals surface area (Å²) in [4.78, 5) is 0. The standard InChI is InChI=1S/C11H23ClO/c1-9(2)8-11(12)6-5-7-13-10(3)4/h9-11H,5-8H2,1-4H3. The number of rotatable bonds is 7. The Labute approximate surface area is 87.8 Å². The van der Waals surface area contributed by atoms with Gasteiger partial charge >= 0.3 is 0 Å². The largest absolute Gasteiger partial charge is 0.379 e. The average Bonchev–Trinajstić information content (AvgIpc) is 1.96. The molecule has 0 aromatic heterocycles. The average molecular weight is 207 g/mol. The molecule has 0 saturated carbocycles. The van der Waals surface area contributed by atoms with Crippen LogP contribution in [0.3, 0.4) is 0 Å². The lowest BCUT2D eigenvalue weighted by atomic mass is 10.1. The molecule has 2 heteroatoms. The molecule has 13 heavy (non-hydrogen) atoms. The Morgan fingerprint density at radius 2 is 1.77 bits per heavy atom. The lowest BCUT2D eigenvalue weighted by Gasteiger charge is -2.12. The number of hydrogen-bond acceptors (Lipinski definition) is 1. The molecule has 0 rings (SSSR count). The van der Waals surface area contributed by atoms with E-state index in [1.165, 1.54) is 0 Å². The van der Waals surface area contributed by atoms with Gasteiger partial charge in [-0.15, -0.1) is 11.6 Å². The highest BCUT2D eigenvalue weighted by Gasteiger charge is 2.06. The van der Waals surface area contributed by atoms with Crippen LogP contribution in [-0.2, 0) is 4.74 Å². The van der Waals surface area contributed by atoms with Crippen LogP contribution in [0.5, 0.6) is 0 Å². The van der Waals surface area contributed by atoms with Gasteiger partial charge in [-0.3, -0.25) is 0 Å². The third-order valence-corrected chi connectivity index (χ3v) is 2.24. The van der Waals surface area contributed by atoms with Crippen molar-refractivity contribution < 1.29 is 4.74 Å². The van der Waals surface area contributed by atoms with E-state index in [4.69, 9.17) is 16.3 Å². The minimum absolute atomic E-state index is 0.329. The van der Waals surface area contributed by atoms with E-state index in [1.807, 2.05) is 0 Å². The first-order chi connectivity index (χ1) is 6.02. The van der Waals surface area contributed by atoms with Crippen molar-refractivity contribution in [2.24, 2.45) is 5.92 Å². The van der Waals surface area contributed by atoms with E-state index in [0.29, 0.717) is 17.4 Å². The fraction of sp³-hybridized carbons (Fsp3) is 1.00. The molecule has 0 aromatic carbocycles. The zero-order chi connectivity index (χ0) is 10.3. The van der Waals surface area contributed by atoms with E-state index < -0.39 is 0 Å². The van der Waals surface area contributed by atoms with E-state index in [-0.39, 0.29) is 0 Å². The Kier molecular flexibility index (Phi) is 7.78. The highest BCUT2D eigenvalue weighted by Crippen LogP contribution is 2.15. The normalized spacial score (nSPS) is 14.1. The Morgan fingerprint density at radius 1 is 1.15 bits per heavy atom. The third-order valence-electron chi connectivity index (χ3n) is 1.84. The first-order valence-electron chi connectivity index (χ1n) is 5.28. The van der Waals surface area contributed by atoms with Gasteiger partial charge in [-0.2, -0.15) is 0 Å². The molecule has 1 nitrogen and oxygen atoms in total. The van der Waals surface area contributed by atoms with Gasteiger partial charge < -0.3 is 4.74 Å². The van der Waals surface area contributed by atoms with Crippen LogP contribution in [0.4, 0.5) is 0 Å². The van der Waals surface area contributed by atoms with Crippen LogP contribution in [0.25, 0.3) is 0 Å². The summed E-state index contributed by atoms with van der Waals surface area (Å²) in [6.45, 7) is 9.39. The maximum Gasteiger partial charge on any atom is 0.0518 e. The molecule has 80 valence electrons. The molecule has 0 aliphatic rings. The minimum atomic E-state index is 0.329. The van der Waals surface area contributed by atoms with Crippen molar-refractivity contribution in [2.75, 3.05) is 6.61 Å². The molecule has 0 radical (unpaired) electrons. The van der Waals surface area contributed by atoms with Crippen molar-refractivity contribution in [2.45, 2.75) is 58.4 Å². The van der Waals surface area contributed by atoms with Crippen molar-refractivity contribution in [3.05, 3.63) is 0 Å². The predicted molar refractivity (Wildman–Crippen MR) is 59.4 cm³/mol. The molecule has 0 amide bonds. The summed E-state index contributed by atoms with van der Waals surface area (Å²) in [6, 6.07) is 0. The summed E-state index contributed by atoms with van der Waals surface area (Å²) >= 11 is 6.14. The summed E-state index contributed by atoms with van der Waals surface area (Å²) in [5.74, 6) is 0.702. The van der Waals surface area contributed by atoms with Gasteiger partial charge in [0.25, 0.3) is 0 Å². The monoisotopic (exact) mass is 206 g/mol. The van der Waals surface area contributed by atoms with Crippen molar-refractivity contribution in [1.82, 2.24) is 0 Å². The van der Waals surface area contributed by atoms with Gasteiger partial charge in [0.05, 0.1) is 6.10 Å². The van der Waals surface area contributed by atoms with Crippen LogP contribution in [0, 0.1) is 5.92 Å². The van der Waals surface area contributed by atoms with Crippen molar-refractivity contribution in [3.63, 3.8) is 0 Å². The van der Waals surface area contributed by atoms with Crippen LogP contribution >= 0.6 is 11.6 Å². The first kappa shape index (κ1) is 13.2. The molecule has 0 fully saturated rings. The predicted octanol–water partition coefficient (Wildman–Crippen LogP) is 3.85. The number of alkyl halides is 1. The molecule has 0 spiro atoms. The van der Waals surface area contributed by atoms with Gasteiger partial charge in [0.15, 0.2) is 0 Å². The second-order valence-electron chi connectivity index (χ2n) is 4.29. The Bertz CT molecular complexity index is 113. The van der Waals surface area contributed by atoms with Gasteiger partial charge in [-0.25, -0.2) is 0 Å². The number of hydrogen-bond donors (Lipinski definition) is 0. The second kappa shape index (κ2) is 7.64. The lowest BCUT2D eigenvalue weighted by Crippen LogP contribution is -2.08. The van der Waals surface area contributed by atoms with Crippen LogP contribution in [0.1, 0.15) is 47.0 Å². The molecule has 0 aromatic rings. The Balaban J connectivity index is 3.22. The molecule has 0 aliphatic carbocycles. The molecule has 1 unspecified atom stereocenters. The van der Waals surface area contributed by atoms with E-state index >= 15 is 0 Å². The van der Waals surface area contributed by atoms with Gasteiger partial charge in [0, 0.05) is 12.0 Å². The molecule has 0 aliphatic heterocycles. The maximum absolute atomic E-state index is 6.14. The Hall–Kier alpha value is 0.250. The zero-order valence-corrected chi connectivity index (χ0v) is 10.1. The second-order valence-corrected chi connectivity index (χ2v) is 4.91. The number of ether oxygens (including phenoxy) is 1. The van der Waals surface area contributed by atoms with Crippen LogP contribution in [0.2, 0.25) is 0 Å². The first-order valence-corrected chi connectivity index (χ1v) is 5.71. The van der Waals surface area contributed by atoms with E-state index in [0.717, 1.165) is 25.9 Å². The SMILES string of the molecule is CC(C)CC(Cl)CCCOC(C)C. The van der Waals surface area contributed by atoms with E-state index in [2.05, 4.69) is 27.7 Å². The van der Waals surface area contributed by atoms with Crippen LogP contribution in [-0.4, -0.2) is 18.1 Å². The summed E-state index contributed by atoms with van der Waals surface area (Å²) in [7, 11) is 0. The van der Waals surface area contributed by atoms with Crippen molar-refractivity contribution >= 4 is 11.6 Å². The third kappa shape index (κ3) is 10.2. The zero-order valence-electron chi connectivity index (χ0n) is 9.35. The smallest absolute Gasteiger partial charge is 0.0518 e. The molecule has 0 bridgehead atoms. The van der Waals surface area contributed by atoms with Gasteiger partial charge in [0.2, 0.25) is 0 Å². The van der Waals surface area contributed by atoms with Crippen molar-refractivity contribution in [3.8, 4) is 0 Å². The number of halogens is 1. The van der Waals surface area contributed by atoms with E-state index in [9.17, 15) is 0 Å². The van der Waals surface area contributed by atoms with Crippen LogP contribution in [0.15, 0.2) is 0 Å². The van der Waals surface area contributed by atoms with Crippen molar-refractivity contribution in [1.29, 1.82) is 0 Å². The topological polar surface area (TPSA) is 9.23 Å². The van der Waals surface area contributed by atoms with E-state index in [1.54, 1.807) is 0 Å². The fourth-order valence-corrected chi connectivity index (χ4v) is 1.76. The lowest BCUT2D eigenvalue weighted by molar-refractivity contribution is 0.0757. The van der Waals surface area contributed by atoms with Gasteiger partial charge in [-0.1, -0.05) is 13.8 Å². The molecule has 0 heterocycles. The minimum Gasteiger partial charge on any atom is -0.379 e. The highest BCUT2D eigenvalue weighted by molar-refractivity contribution is 6.20. The molecular formula is C11H23ClO. The Morgan fingerprint density at radius 3 is 2.23 bits per heavy atom. The van der Waals surface area contributed by atoms with Crippen LogP contribution < -0.4 is 0 Å². The molecule has 1 atom stereocenters. The molecule has 0 N–H and O–H groups in total. The molecular weight excluding hydrogens is 184 g/mol. The fourth-order valence-electron chi connectivity index (χ4n) is 1.25. The summed E-state index contributed by atoms with van der Waals surface area (Å²) in [6.07, 6.45) is 3.62. The highest BCUT2D eigenvalue weighted by atomic mass is 35.5. The summed E-state index contributed by atoms with van der Waals surface area (Å²) < 4.78 is 5.44.